The standard InChI is InChI=1S/C14H12ClN3S/c15-11-3-5-12(6-4-11)16-8-10-9-17-18-14(10)13-2-1-7-19-13/h1-7,9,16H,8H2,(H,17,18). The number of nitrogens with zero attached hydrogens (tertiary/aromatic N) is 1. The Hall–Kier alpha value is -1.78. The van der Waals surface area contributed by atoms with Crippen molar-refractivity contribution in [1.82, 2.24) is 10.2 Å². The van der Waals surface area contributed by atoms with Crippen LogP contribution in [0.3, 0.4) is 0 Å². The molecule has 0 bridgehead atoms. The van der Waals surface area contributed by atoms with Gasteiger partial charge in [-0.05, 0) is 35.7 Å². The van der Waals surface area contributed by atoms with Crippen LogP contribution in [0.2, 0.25) is 5.02 Å². The predicted octanol–water partition coefficient (Wildman–Crippen LogP) is 4.40. The lowest BCUT2D eigenvalue weighted by Crippen LogP contribution is -1.99. The molecule has 96 valence electrons. The Morgan fingerprint density at radius 1 is 1.21 bits per heavy atom. The number of nitrogens with one attached hydrogen (secondary N) is 2. The molecule has 0 aliphatic rings. The molecule has 0 saturated heterocycles. The van der Waals surface area contributed by atoms with Crippen molar-refractivity contribution in [3.8, 4) is 10.6 Å². The zero-order valence-electron chi connectivity index (χ0n) is 10.1. The summed E-state index contributed by atoms with van der Waals surface area (Å²) in [5.74, 6) is 0. The minimum absolute atomic E-state index is 0.728. The summed E-state index contributed by atoms with van der Waals surface area (Å²) in [6, 6.07) is 11.8. The van der Waals surface area contributed by atoms with Crippen LogP contribution >= 0.6 is 22.9 Å². The van der Waals surface area contributed by atoms with Gasteiger partial charge in [-0.1, -0.05) is 17.7 Å². The number of aromatic amines is 1. The summed E-state index contributed by atoms with van der Waals surface area (Å²) in [6.45, 7) is 0.728. The van der Waals surface area contributed by atoms with Crippen LogP contribution in [0.1, 0.15) is 5.56 Å². The number of hydrogen-bond acceptors (Lipinski definition) is 3. The first-order chi connectivity index (χ1) is 9.33. The quantitative estimate of drug-likeness (QED) is 0.747. The highest BCUT2D eigenvalue weighted by molar-refractivity contribution is 7.13. The Balaban J connectivity index is 1.74. The topological polar surface area (TPSA) is 40.7 Å². The van der Waals surface area contributed by atoms with Gasteiger partial charge in [0.1, 0.15) is 0 Å². The predicted molar refractivity (Wildman–Crippen MR) is 80.7 cm³/mol. The lowest BCUT2D eigenvalue weighted by Gasteiger charge is -2.06. The van der Waals surface area contributed by atoms with E-state index in [4.69, 9.17) is 11.6 Å². The van der Waals surface area contributed by atoms with Crippen molar-refractivity contribution in [2.75, 3.05) is 5.32 Å². The first-order valence-corrected chi connectivity index (χ1v) is 7.14. The smallest absolute Gasteiger partial charge is 0.0799 e. The molecule has 0 aliphatic heterocycles. The molecule has 3 nitrogen and oxygen atoms in total. The Labute approximate surface area is 120 Å². The van der Waals surface area contributed by atoms with E-state index in [9.17, 15) is 0 Å². The van der Waals surface area contributed by atoms with E-state index >= 15 is 0 Å². The molecule has 0 aliphatic carbocycles. The molecule has 0 spiro atoms. The minimum Gasteiger partial charge on any atom is -0.381 e. The summed E-state index contributed by atoms with van der Waals surface area (Å²) < 4.78 is 0. The maximum absolute atomic E-state index is 5.86. The van der Waals surface area contributed by atoms with Gasteiger partial charge in [0.15, 0.2) is 0 Å². The van der Waals surface area contributed by atoms with Crippen LogP contribution in [0.4, 0.5) is 5.69 Å². The molecule has 0 saturated carbocycles. The average Bonchev–Trinajstić information content (AvgIpc) is 3.08. The van der Waals surface area contributed by atoms with E-state index in [0.29, 0.717) is 0 Å². The summed E-state index contributed by atoms with van der Waals surface area (Å²) in [7, 11) is 0. The molecule has 2 N–H and O–H groups in total. The van der Waals surface area contributed by atoms with E-state index in [1.807, 2.05) is 36.5 Å². The molecular formula is C14H12ClN3S. The van der Waals surface area contributed by atoms with Gasteiger partial charge in [-0.25, -0.2) is 0 Å². The summed E-state index contributed by atoms with van der Waals surface area (Å²) in [5, 5.41) is 13.3. The van der Waals surface area contributed by atoms with Crippen molar-refractivity contribution in [2.24, 2.45) is 0 Å². The van der Waals surface area contributed by atoms with Crippen LogP contribution in [0.25, 0.3) is 10.6 Å². The fourth-order valence-corrected chi connectivity index (χ4v) is 2.73. The third-order valence-corrected chi connectivity index (χ3v) is 3.95. The molecule has 3 rings (SSSR count). The second-order valence-electron chi connectivity index (χ2n) is 4.11. The zero-order chi connectivity index (χ0) is 13.1. The molecule has 5 heteroatoms. The van der Waals surface area contributed by atoms with Gasteiger partial charge in [0.2, 0.25) is 0 Å². The molecule has 0 fully saturated rings. The van der Waals surface area contributed by atoms with Crippen LogP contribution < -0.4 is 5.32 Å². The molecule has 0 atom stereocenters. The normalized spacial score (nSPS) is 10.6. The number of benzene rings is 1. The molecule has 2 heterocycles. The van der Waals surface area contributed by atoms with E-state index in [0.717, 1.165) is 28.5 Å². The third-order valence-electron chi connectivity index (χ3n) is 2.81. The molecule has 1 aromatic carbocycles. The van der Waals surface area contributed by atoms with Gasteiger partial charge < -0.3 is 5.32 Å². The van der Waals surface area contributed by atoms with E-state index in [2.05, 4.69) is 27.0 Å². The Morgan fingerprint density at radius 2 is 2.05 bits per heavy atom. The van der Waals surface area contributed by atoms with Crippen LogP contribution in [0.5, 0.6) is 0 Å². The maximum atomic E-state index is 5.86. The number of anilines is 1. The highest BCUT2D eigenvalue weighted by atomic mass is 35.5. The molecule has 0 radical (unpaired) electrons. The molecule has 0 amide bonds. The van der Waals surface area contributed by atoms with Gasteiger partial charge >= 0.3 is 0 Å². The number of rotatable bonds is 4. The summed E-state index contributed by atoms with van der Waals surface area (Å²) in [6.07, 6.45) is 1.86. The first-order valence-electron chi connectivity index (χ1n) is 5.88. The van der Waals surface area contributed by atoms with E-state index in [-0.39, 0.29) is 0 Å². The van der Waals surface area contributed by atoms with Crippen molar-refractivity contribution >= 4 is 28.6 Å². The van der Waals surface area contributed by atoms with Crippen LogP contribution in [-0.2, 0) is 6.54 Å². The minimum atomic E-state index is 0.728. The van der Waals surface area contributed by atoms with Gasteiger partial charge in [-0.2, -0.15) is 5.10 Å². The molecule has 0 unspecified atom stereocenters. The van der Waals surface area contributed by atoms with Gasteiger partial charge in [0, 0.05) is 22.8 Å². The Kier molecular flexibility index (Phi) is 3.53. The third kappa shape index (κ3) is 2.80. The molecule has 2 aromatic heterocycles. The summed E-state index contributed by atoms with van der Waals surface area (Å²) in [5.41, 5.74) is 3.27. The second-order valence-corrected chi connectivity index (χ2v) is 5.49. The van der Waals surface area contributed by atoms with Crippen LogP contribution in [0, 0.1) is 0 Å². The Morgan fingerprint density at radius 3 is 2.79 bits per heavy atom. The van der Waals surface area contributed by atoms with E-state index in [1.165, 1.54) is 4.88 Å². The summed E-state index contributed by atoms with van der Waals surface area (Å²) >= 11 is 7.56. The van der Waals surface area contributed by atoms with E-state index < -0.39 is 0 Å². The number of halogens is 1. The lowest BCUT2D eigenvalue weighted by atomic mass is 10.2. The highest BCUT2D eigenvalue weighted by Crippen LogP contribution is 2.26. The van der Waals surface area contributed by atoms with Crippen molar-refractivity contribution in [3.05, 3.63) is 58.6 Å². The fourth-order valence-electron chi connectivity index (χ4n) is 1.84. The van der Waals surface area contributed by atoms with Gasteiger partial charge in [0.05, 0.1) is 16.8 Å². The number of thiophene rings is 1. The molecule has 19 heavy (non-hydrogen) atoms. The maximum Gasteiger partial charge on any atom is 0.0799 e. The first kappa shape index (κ1) is 12.3. The molecule has 3 aromatic rings. The van der Waals surface area contributed by atoms with Crippen LogP contribution in [0.15, 0.2) is 48.0 Å². The monoisotopic (exact) mass is 289 g/mol. The highest BCUT2D eigenvalue weighted by Gasteiger charge is 2.08. The largest absolute Gasteiger partial charge is 0.381 e. The van der Waals surface area contributed by atoms with Crippen molar-refractivity contribution in [3.63, 3.8) is 0 Å². The van der Waals surface area contributed by atoms with Gasteiger partial charge in [0.25, 0.3) is 0 Å². The molecular weight excluding hydrogens is 278 g/mol. The lowest BCUT2D eigenvalue weighted by molar-refractivity contribution is 1.10. The van der Waals surface area contributed by atoms with E-state index in [1.54, 1.807) is 11.3 Å². The Bertz CT molecular complexity index is 644. The SMILES string of the molecule is Clc1ccc(NCc2cn[nH]c2-c2cccs2)cc1. The number of hydrogen-bond donors (Lipinski definition) is 2. The van der Waals surface area contributed by atoms with Gasteiger partial charge in [-0.15, -0.1) is 11.3 Å². The number of aromatic nitrogens is 2. The average molecular weight is 290 g/mol. The van der Waals surface area contributed by atoms with Crippen LogP contribution in [-0.4, -0.2) is 10.2 Å². The van der Waals surface area contributed by atoms with Gasteiger partial charge in [-0.3, -0.25) is 5.10 Å². The summed E-state index contributed by atoms with van der Waals surface area (Å²) in [4.78, 5) is 1.20. The number of H-pyrrole nitrogens is 1. The van der Waals surface area contributed by atoms with Crippen molar-refractivity contribution in [1.29, 1.82) is 0 Å². The fraction of sp³-hybridized carbons (Fsp3) is 0.0714. The van der Waals surface area contributed by atoms with Crippen molar-refractivity contribution < 1.29 is 0 Å². The zero-order valence-corrected chi connectivity index (χ0v) is 11.6. The second kappa shape index (κ2) is 5.47. The van der Waals surface area contributed by atoms with Crippen molar-refractivity contribution in [2.45, 2.75) is 6.54 Å².